The fourth-order valence-corrected chi connectivity index (χ4v) is 0.745. The Hall–Kier alpha value is -1.79. The average molecular weight is 204 g/mol. The first-order valence-corrected chi connectivity index (χ1v) is 3.83. The Balaban J connectivity index is 4.09. The van der Waals surface area contributed by atoms with Gasteiger partial charge in [0.1, 0.15) is 6.04 Å². The minimum Gasteiger partial charge on any atom is -0.480 e. The molecule has 0 rings (SSSR count). The maximum Gasteiger partial charge on any atom is 0.407 e. The van der Waals surface area contributed by atoms with Crippen molar-refractivity contribution in [3.05, 3.63) is 0 Å². The van der Waals surface area contributed by atoms with E-state index in [9.17, 15) is 14.4 Å². The van der Waals surface area contributed by atoms with Gasteiger partial charge in [-0.05, 0) is 6.42 Å². The highest BCUT2D eigenvalue weighted by molar-refractivity contribution is 5.81. The molecule has 0 fully saturated rings. The molecule has 0 aromatic heterocycles. The summed E-state index contributed by atoms with van der Waals surface area (Å²) in [4.78, 5) is 31.6. The van der Waals surface area contributed by atoms with Crippen molar-refractivity contribution in [3.63, 3.8) is 0 Å². The smallest absolute Gasteiger partial charge is 0.407 e. The van der Waals surface area contributed by atoms with E-state index >= 15 is 0 Å². The Morgan fingerprint density at radius 3 is 2.43 bits per heavy atom. The number of ether oxygens (including phenoxy) is 1. The van der Waals surface area contributed by atoms with Gasteiger partial charge in [-0.15, -0.1) is 0 Å². The molecule has 0 aliphatic carbocycles. The first-order chi connectivity index (χ1) is 6.47. The topological polar surface area (TPSA) is 119 Å². The highest BCUT2D eigenvalue weighted by Gasteiger charge is 2.20. The predicted molar refractivity (Wildman–Crippen MR) is 45.4 cm³/mol. The third-order valence-electron chi connectivity index (χ3n) is 1.45. The van der Waals surface area contributed by atoms with E-state index in [4.69, 9.17) is 10.8 Å². The number of hydrogen-bond acceptors (Lipinski definition) is 4. The number of amides is 2. The lowest BCUT2D eigenvalue weighted by Crippen LogP contribution is -2.41. The molecular weight excluding hydrogens is 192 g/mol. The number of carboxylic acids is 1. The van der Waals surface area contributed by atoms with Crippen LogP contribution in [-0.2, 0) is 14.3 Å². The van der Waals surface area contributed by atoms with E-state index in [1.54, 1.807) is 0 Å². The standard InChI is InChI=1S/C7H12N2O5/c1-14-7(13)9-4(6(11)12)2-3-5(8)10/h4H,2-3H2,1H3,(H2,8,10)(H,9,13)(H,11,12)/t4-/m0/s1. The fourth-order valence-electron chi connectivity index (χ4n) is 0.745. The van der Waals surface area contributed by atoms with Gasteiger partial charge >= 0.3 is 12.1 Å². The predicted octanol–water partition coefficient (Wildman–Crippen LogP) is -0.939. The zero-order valence-corrected chi connectivity index (χ0v) is 7.65. The number of hydrogen-bond donors (Lipinski definition) is 3. The number of primary amides is 1. The van der Waals surface area contributed by atoms with E-state index in [1.807, 2.05) is 0 Å². The minimum absolute atomic E-state index is 0.0558. The van der Waals surface area contributed by atoms with Gasteiger partial charge in [-0.2, -0.15) is 0 Å². The molecule has 14 heavy (non-hydrogen) atoms. The van der Waals surface area contributed by atoms with Crippen LogP contribution < -0.4 is 11.1 Å². The summed E-state index contributed by atoms with van der Waals surface area (Å²) in [7, 11) is 1.11. The second kappa shape index (κ2) is 5.79. The summed E-state index contributed by atoms with van der Waals surface area (Å²) >= 11 is 0. The Morgan fingerprint density at radius 2 is 2.07 bits per heavy atom. The van der Waals surface area contributed by atoms with E-state index in [0.29, 0.717) is 0 Å². The van der Waals surface area contributed by atoms with Gasteiger partial charge in [0.05, 0.1) is 7.11 Å². The molecule has 0 aromatic rings. The Labute approximate surface area is 80.2 Å². The first-order valence-electron chi connectivity index (χ1n) is 3.83. The van der Waals surface area contributed by atoms with Crippen LogP contribution in [0.1, 0.15) is 12.8 Å². The van der Waals surface area contributed by atoms with Crippen molar-refractivity contribution < 1.29 is 24.2 Å². The number of rotatable bonds is 5. The van der Waals surface area contributed by atoms with Crippen LogP contribution in [0.5, 0.6) is 0 Å². The largest absolute Gasteiger partial charge is 0.480 e. The molecule has 0 aromatic carbocycles. The van der Waals surface area contributed by atoms with Gasteiger partial charge < -0.3 is 20.9 Å². The lowest BCUT2D eigenvalue weighted by molar-refractivity contribution is -0.139. The van der Waals surface area contributed by atoms with Crippen molar-refractivity contribution in [3.8, 4) is 0 Å². The molecular formula is C7H12N2O5. The van der Waals surface area contributed by atoms with Crippen LogP contribution in [-0.4, -0.2) is 36.2 Å². The van der Waals surface area contributed by atoms with Gasteiger partial charge in [-0.3, -0.25) is 4.79 Å². The lowest BCUT2D eigenvalue weighted by atomic mass is 10.1. The molecule has 80 valence electrons. The highest BCUT2D eigenvalue weighted by Crippen LogP contribution is 1.97. The van der Waals surface area contributed by atoms with Gasteiger partial charge in [-0.25, -0.2) is 9.59 Å². The van der Waals surface area contributed by atoms with Crippen LogP contribution in [0, 0.1) is 0 Å². The summed E-state index contributed by atoms with van der Waals surface area (Å²) in [5.41, 5.74) is 4.83. The Morgan fingerprint density at radius 1 is 1.50 bits per heavy atom. The molecule has 0 saturated heterocycles. The highest BCUT2D eigenvalue weighted by atomic mass is 16.5. The number of carboxylic acid groups (broad SMARTS) is 1. The van der Waals surface area contributed by atoms with Crippen LogP contribution in [0.3, 0.4) is 0 Å². The van der Waals surface area contributed by atoms with E-state index in [-0.39, 0.29) is 12.8 Å². The van der Waals surface area contributed by atoms with Gasteiger partial charge in [0, 0.05) is 6.42 Å². The number of nitrogens with two attached hydrogens (primary N) is 1. The molecule has 2 amide bonds. The SMILES string of the molecule is COC(=O)N[C@@H](CCC(N)=O)C(=O)O. The number of carbonyl (C=O) groups is 3. The van der Waals surface area contributed by atoms with Crippen molar-refractivity contribution >= 4 is 18.0 Å². The summed E-state index contributed by atoms with van der Waals surface area (Å²) < 4.78 is 4.21. The van der Waals surface area contributed by atoms with Crippen LogP contribution >= 0.6 is 0 Å². The summed E-state index contributed by atoms with van der Waals surface area (Å²) in [5, 5.41) is 10.7. The summed E-state index contributed by atoms with van der Waals surface area (Å²) in [6, 6.07) is -1.16. The second-order valence-electron chi connectivity index (χ2n) is 2.53. The summed E-state index contributed by atoms with van der Waals surface area (Å²) in [5.74, 6) is -1.86. The van der Waals surface area contributed by atoms with Gasteiger partial charge in [0.25, 0.3) is 0 Å². The molecule has 4 N–H and O–H groups in total. The van der Waals surface area contributed by atoms with E-state index in [2.05, 4.69) is 10.1 Å². The van der Waals surface area contributed by atoms with E-state index in [0.717, 1.165) is 7.11 Å². The van der Waals surface area contributed by atoms with Crippen molar-refractivity contribution in [2.45, 2.75) is 18.9 Å². The molecule has 0 saturated carbocycles. The quantitative estimate of drug-likeness (QED) is 0.534. The fraction of sp³-hybridized carbons (Fsp3) is 0.571. The van der Waals surface area contributed by atoms with Crippen LogP contribution in [0.25, 0.3) is 0 Å². The second-order valence-corrected chi connectivity index (χ2v) is 2.53. The molecule has 0 radical (unpaired) electrons. The number of alkyl carbamates (subject to hydrolysis) is 1. The zero-order valence-electron chi connectivity index (χ0n) is 7.65. The van der Waals surface area contributed by atoms with Crippen LogP contribution in [0.2, 0.25) is 0 Å². The van der Waals surface area contributed by atoms with Crippen LogP contribution in [0.15, 0.2) is 0 Å². The van der Waals surface area contributed by atoms with Gasteiger partial charge in [0.2, 0.25) is 5.91 Å². The lowest BCUT2D eigenvalue weighted by Gasteiger charge is -2.11. The van der Waals surface area contributed by atoms with Crippen LogP contribution in [0.4, 0.5) is 4.79 Å². The monoisotopic (exact) mass is 204 g/mol. The Bertz CT molecular complexity index is 240. The molecule has 0 heterocycles. The molecule has 0 bridgehead atoms. The van der Waals surface area contributed by atoms with Crippen molar-refractivity contribution in [1.82, 2.24) is 5.32 Å². The van der Waals surface area contributed by atoms with E-state index in [1.165, 1.54) is 0 Å². The molecule has 0 aliphatic rings. The normalized spacial score (nSPS) is 11.5. The summed E-state index contributed by atoms with van der Waals surface area (Å²) in [6.07, 6.45) is -1.03. The third kappa shape index (κ3) is 4.96. The number of nitrogens with one attached hydrogen (secondary N) is 1. The minimum atomic E-state index is -1.24. The molecule has 7 heteroatoms. The first kappa shape index (κ1) is 12.2. The number of methoxy groups -OCH3 is 1. The Kier molecular flexibility index (Phi) is 5.05. The molecule has 0 aliphatic heterocycles. The molecule has 0 spiro atoms. The molecule has 7 nitrogen and oxygen atoms in total. The number of aliphatic carboxylic acids is 1. The molecule has 0 unspecified atom stereocenters. The van der Waals surface area contributed by atoms with Gasteiger partial charge in [-0.1, -0.05) is 0 Å². The zero-order chi connectivity index (χ0) is 11.1. The van der Waals surface area contributed by atoms with Crippen molar-refractivity contribution in [1.29, 1.82) is 0 Å². The number of carbonyl (C=O) groups excluding carboxylic acids is 2. The van der Waals surface area contributed by atoms with E-state index < -0.39 is 24.0 Å². The van der Waals surface area contributed by atoms with Crippen molar-refractivity contribution in [2.24, 2.45) is 5.73 Å². The maximum atomic E-state index is 10.7. The van der Waals surface area contributed by atoms with Crippen molar-refractivity contribution in [2.75, 3.05) is 7.11 Å². The average Bonchev–Trinajstić information content (AvgIpc) is 2.10. The van der Waals surface area contributed by atoms with Gasteiger partial charge in [0.15, 0.2) is 0 Å². The molecule has 1 atom stereocenters. The summed E-state index contributed by atoms with van der Waals surface area (Å²) in [6.45, 7) is 0. The maximum absolute atomic E-state index is 10.7. The third-order valence-corrected chi connectivity index (χ3v) is 1.45.